The van der Waals surface area contributed by atoms with Crippen molar-refractivity contribution in [1.29, 1.82) is 0 Å². The number of rotatable bonds is 7. The van der Waals surface area contributed by atoms with Crippen LogP contribution in [0.3, 0.4) is 0 Å². The van der Waals surface area contributed by atoms with Crippen LogP contribution in [0.25, 0.3) is 22.4 Å². The molecule has 0 atom stereocenters. The third-order valence-electron chi connectivity index (χ3n) is 6.53. The second-order valence-electron chi connectivity index (χ2n) is 8.63. The summed E-state index contributed by atoms with van der Waals surface area (Å²) in [5.74, 6) is 3.78. The third kappa shape index (κ3) is 4.43. The zero-order valence-corrected chi connectivity index (χ0v) is 19.5. The summed E-state index contributed by atoms with van der Waals surface area (Å²) in [7, 11) is 0. The van der Waals surface area contributed by atoms with Crippen LogP contribution in [0.2, 0.25) is 0 Å². The van der Waals surface area contributed by atoms with Gasteiger partial charge in [-0.3, -0.25) is 9.69 Å². The van der Waals surface area contributed by atoms with Crippen LogP contribution in [0, 0.1) is 0 Å². The van der Waals surface area contributed by atoms with Gasteiger partial charge in [-0.15, -0.1) is 0 Å². The van der Waals surface area contributed by atoms with Gasteiger partial charge in [0.25, 0.3) is 5.56 Å². The van der Waals surface area contributed by atoms with E-state index >= 15 is 0 Å². The molecule has 1 saturated carbocycles. The van der Waals surface area contributed by atoms with Gasteiger partial charge in [0.2, 0.25) is 0 Å². The van der Waals surface area contributed by atoms with Gasteiger partial charge in [0.1, 0.15) is 23.6 Å². The number of fused-ring (bicyclic) bond motifs is 1. The van der Waals surface area contributed by atoms with Crippen molar-refractivity contribution in [2.75, 3.05) is 37.7 Å². The van der Waals surface area contributed by atoms with Gasteiger partial charge in [-0.25, -0.2) is 9.67 Å². The first-order valence-electron chi connectivity index (χ1n) is 11.8. The maximum absolute atomic E-state index is 13.0. The number of hydrogen-bond acceptors (Lipinski definition) is 6. The first kappa shape index (κ1) is 21.5. The summed E-state index contributed by atoms with van der Waals surface area (Å²) in [6.45, 7) is 5.90. The number of ether oxygens (including phenoxy) is 1. The Bertz CT molecular complexity index is 1130. The molecular formula is C24H31N5O2S. The highest BCUT2D eigenvalue weighted by atomic mass is 32.2. The zero-order chi connectivity index (χ0) is 21.9. The number of aryl methyl sites for hydroxylation is 1. The van der Waals surface area contributed by atoms with Gasteiger partial charge in [0, 0.05) is 36.7 Å². The molecule has 7 nitrogen and oxygen atoms in total. The van der Waals surface area contributed by atoms with Crippen LogP contribution in [0.4, 0.5) is 0 Å². The largest absolute Gasteiger partial charge is 0.492 e. The number of aromatic nitrogens is 4. The number of hydrogen-bond donors (Lipinski definition) is 1. The Morgan fingerprint density at radius 1 is 1.22 bits per heavy atom. The van der Waals surface area contributed by atoms with Crippen LogP contribution in [0.1, 0.15) is 44.3 Å². The summed E-state index contributed by atoms with van der Waals surface area (Å²) in [4.78, 5) is 23.4. The molecule has 1 aliphatic heterocycles. The van der Waals surface area contributed by atoms with Gasteiger partial charge in [-0.2, -0.15) is 16.9 Å². The van der Waals surface area contributed by atoms with Crippen LogP contribution in [0.5, 0.6) is 5.75 Å². The Labute approximate surface area is 192 Å². The van der Waals surface area contributed by atoms with Crippen LogP contribution in [0.15, 0.2) is 29.1 Å². The lowest BCUT2D eigenvalue weighted by Crippen LogP contribution is -2.35. The van der Waals surface area contributed by atoms with Crippen molar-refractivity contribution in [1.82, 2.24) is 24.6 Å². The van der Waals surface area contributed by atoms with E-state index < -0.39 is 0 Å². The van der Waals surface area contributed by atoms with Gasteiger partial charge in [0.05, 0.1) is 11.7 Å². The Balaban J connectivity index is 1.41. The number of nitrogens with zero attached hydrogens (tertiary/aromatic N) is 4. The predicted molar refractivity (Wildman–Crippen MR) is 130 cm³/mol. The highest BCUT2D eigenvalue weighted by Crippen LogP contribution is 2.32. The smallest absolute Gasteiger partial charge is 0.262 e. The minimum Gasteiger partial charge on any atom is -0.492 e. The van der Waals surface area contributed by atoms with E-state index in [1.54, 1.807) is 0 Å². The average Bonchev–Trinajstić information content (AvgIpc) is 3.48. The van der Waals surface area contributed by atoms with Crippen molar-refractivity contribution in [3.05, 3.63) is 40.3 Å². The molecule has 5 rings (SSSR count). The van der Waals surface area contributed by atoms with E-state index in [0.717, 1.165) is 55.9 Å². The maximum Gasteiger partial charge on any atom is 0.262 e. The summed E-state index contributed by atoms with van der Waals surface area (Å²) in [5.41, 5.74) is 2.29. The van der Waals surface area contributed by atoms with E-state index in [4.69, 9.17) is 14.8 Å². The fourth-order valence-electron chi connectivity index (χ4n) is 4.75. The van der Waals surface area contributed by atoms with Gasteiger partial charge in [-0.05, 0) is 31.4 Å². The molecular weight excluding hydrogens is 422 g/mol. The van der Waals surface area contributed by atoms with E-state index in [0.29, 0.717) is 29.5 Å². The molecule has 0 unspecified atom stereocenters. The second-order valence-corrected chi connectivity index (χ2v) is 9.85. The van der Waals surface area contributed by atoms with Gasteiger partial charge in [0.15, 0.2) is 5.65 Å². The summed E-state index contributed by atoms with van der Waals surface area (Å²) < 4.78 is 8.04. The standard InChI is InChI=1S/C24H31N5O2S/c1-2-20-21-23(29(27-20)18-7-3-4-8-18)25-22(26-24(21)30)17-6-5-9-19(16-17)31-13-10-28-11-14-32-15-12-28/h5-6,9,16,18H,2-4,7-8,10-15H2,1H3,(H,25,26,30). The lowest BCUT2D eigenvalue weighted by atomic mass is 10.2. The summed E-state index contributed by atoms with van der Waals surface area (Å²) in [6, 6.07) is 8.19. The van der Waals surface area contributed by atoms with Gasteiger partial charge in [-0.1, -0.05) is 31.9 Å². The molecule has 0 radical (unpaired) electrons. The molecule has 2 fully saturated rings. The van der Waals surface area contributed by atoms with Crippen molar-refractivity contribution in [2.24, 2.45) is 0 Å². The fraction of sp³-hybridized carbons (Fsp3) is 0.542. The Morgan fingerprint density at radius 2 is 2.03 bits per heavy atom. The van der Waals surface area contributed by atoms with E-state index in [1.807, 2.05) is 47.6 Å². The summed E-state index contributed by atoms with van der Waals surface area (Å²) >= 11 is 2.02. The molecule has 3 aromatic rings. The van der Waals surface area contributed by atoms with E-state index in [9.17, 15) is 4.79 Å². The van der Waals surface area contributed by atoms with Crippen molar-refractivity contribution in [3.8, 4) is 17.1 Å². The van der Waals surface area contributed by atoms with Crippen LogP contribution in [-0.4, -0.2) is 62.4 Å². The highest BCUT2D eigenvalue weighted by Gasteiger charge is 2.24. The Morgan fingerprint density at radius 3 is 2.81 bits per heavy atom. The topological polar surface area (TPSA) is 76.0 Å². The number of nitrogens with one attached hydrogen (secondary N) is 1. The molecule has 1 aliphatic carbocycles. The maximum atomic E-state index is 13.0. The molecule has 2 aromatic heterocycles. The van der Waals surface area contributed by atoms with Crippen LogP contribution >= 0.6 is 11.8 Å². The molecule has 0 amide bonds. The normalized spacial score (nSPS) is 17.9. The summed E-state index contributed by atoms with van der Waals surface area (Å²) in [5, 5.41) is 5.43. The number of aromatic amines is 1. The fourth-order valence-corrected chi connectivity index (χ4v) is 5.73. The minimum atomic E-state index is -0.111. The Hall–Kier alpha value is -2.32. The average molecular weight is 454 g/mol. The third-order valence-corrected chi connectivity index (χ3v) is 7.47. The zero-order valence-electron chi connectivity index (χ0n) is 18.7. The van der Waals surface area contributed by atoms with Crippen molar-refractivity contribution in [3.63, 3.8) is 0 Å². The first-order valence-corrected chi connectivity index (χ1v) is 12.9. The van der Waals surface area contributed by atoms with Gasteiger partial charge < -0.3 is 9.72 Å². The summed E-state index contributed by atoms with van der Waals surface area (Å²) in [6.07, 6.45) is 5.34. The Kier molecular flexibility index (Phi) is 6.50. The lowest BCUT2D eigenvalue weighted by molar-refractivity contribution is 0.222. The lowest BCUT2D eigenvalue weighted by Gasteiger charge is -2.25. The number of benzene rings is 1. The molecule has 1 N–H and O–H groups in total. The molecule has 0 bridgehead atoms. The number of thioether (sulfide) groups is 1. The molecule has 0 spiro atoms. The van der Waals surface area contributed by atoms with E-state index in [-0.39, 0.29) is 5.56 Å². The van der Waals surface area contributed by atoms with Crippen LogP contribution in [-0.2, 0) is 6.42 Å². The van der Waals surface area contributed by atoms with Crippen molar-refractivity contribution >= 4 is 22.8 Å². The quantitative estimate of drug-likeness (QED) is 0.585. The molecule has 170 valence electrons. The predicted octanol–water partition coefficient (Wildman–Crippen LogP) is 3.89. The highest BCUT2D eigenvalue weighted by molar-refractivity contribution is 7.99. The molecule has 2 aliphatic rings. The molecule has 1 aromatic carbocycles. The monoisotopic (exact) mass is 453 g/mol. The molecule has 8 heteroatoms. The minimum absolute atomic E-state index is 0.111. The SMILES string of the molecule is CCc1nn(C2CCCC2)c2nc(-c3cccc(OCCN4CCSCC4)c3)[nH]c(=O)c12. The van der Waals surface area contributed by atoms with Crippen LogP contribution < -0.4 is 10.3 Å². The van der Waals surface area contributed by atoms with Gasteiger partial charge >= 0.3 is 0 Å². The second kappa shape index (κ2) is 9.67. The first-order chi connectivity index (χ1) is 15.7. The molecule has 3 heterocycles. The van der Waals surface area contributed by atoms with E-state index in [2.05, 4.69) is 9.88 Å². The van der Waals surface area contributed by atoms with Crippen molar-refractivity contribution in [2.45, 2.75) is 45.1 Å². The van der Waals surface area contributed by atoms with Crippen molar-refractivity contribution < 1.29 is 4.74 Å². The number of H-pyrrole nitrogens is 1. The molecule has 32 heavy (non-hydrogen) atoms. The van der Waals surface area contributed by atoms with E-state index in [1.165, 1.54) is 24.3 Å². The molecule has 1 saturated heterocycles.